The third kappa shape index (κ3) is 2.42. The fourth-order valence-corrected chi connectivity index (χ4v) is 1.87. The molecule has 18 heavy (non-hydrogen) atoms. The standard InChI is InChI=1S/C14H15NO3/c1-3-18-14(17)11-8-12(16)15-13(11)10-6-4-9(2)5-7-10/h4-7H,3,8H2,1-2H3,(H,15,16). The number of carbonyl (C=O) groups is 2. The Morgan fingerprint density at radius 1 is 1.33 bits per heavy atom. The van der Waals surface area contributed by atoms with Crippen LogP contribution in [0, 0.1) is 6.92 Å². The molecule has 1 N–H and O–H groups in total. The highest BCUT2D eigenvalue weighted by atomic mass is 16.5. The lowest BCUT2D eigenvalue weighted by Gasteiger charge is -2.07. The van der Waals surface area contributed by atoms with E-state index in [0.717, 1.165) is 11.1 Å². The molecule has 1 aromatic carbocycles. The summed E-state index contributed by atoms with van der Waals surface area (Å²) in [6.45, 7) is 4.03. The molecule has 0 bridgehead atoms. The van der Waals surface area contributed by atoms with Gasteiger partial charge in [0.05, 0.1) is 24.3 Å². The van der Waals surface area contributed by atoms with Gasteiger partial charge in [0.25, 0.3) is 0 Å². The van der Waals surface area contributed by atoms with E-state index in [1.54, 1.807) is 6.92 Å². The highest BCUT2D eigenvalue weighted by Gasteiger charge is 2.28. The molecule has 0 fully saturated rings. The molecule has 0 unspecified atom stereocenters. The first-order chi connectivity index (χ1) is 8.61. The highest BCUT2D eigenvalue weighted by molar-refractivity contribution is 6.09. The van der Waals surface area contributed by atoms with Gasteiger partial charge in [0, 0.05) is 0 Å². The van der Waals surface area contributed by atoms with Gasteiger partial charge >= 0.3 is 5.97 Å². The molecule has 1 aromatic rings. The van der Waals surface area contributed by atoms with Gasteiger partial charge in [-0.3, -0.25) is 4.79 Å². The summed E-state index contributed by atoms with van der Waals surface area (Å²) in [5.74, 6) is -0.597. The molecule has 94 valence electrons. The molecule has 4 nitrogen and oxygen atoms in total. The lowest BCUT2D eigenvalue weighted by atomic mass is 10.1. The van der Waals surface area contributed by atoms with Crippen molar-refractivity contribution < 1.29 is 14.3 Å². The normalized spacial score (nSPS) is 14.7. The van der Waals surface area contributed by atoms with Crippen LogP contribution in [-0.2, 0) is 14.3 Å². The molecule has 0 spiro atoms. The number of aryl methyl sites for hydroxylation is 1. The SMILES string of the molecule is CCOC(=O)C1=C(c2ccc(C)cc2)NC(=O)C1. The summed E-state index contributed by atoms with van der Waals surface area (Å²) < 4.78 is 4.96. The van der Waals surface area contributed by atoms with Crippen molar-refractivity contribution in [3.05, 3.63) is 41.0 Å². The first kappa shape index (κ1) is 12.4. The summed E-state index contributed by atoms with van der Waals surface area (Å²) in [4.78, 5) is 23.2. The van der Waals surface area contributed by atoms with Gasteiger partial charge in [-0.15, -0.1) is 0 Å². The molecular weight excluding hydrogens is 230 g/mol. The molecule has 1 aliphatic heterocycles. The number of hydrogen-bond acceptors (Lipinski definition) is 3. The van der Waals surface area contributed by atoms with Crippen LogP contribution in [0.5, 0.6) is 0 Å². The molecule has 2 rings (SSSR count). The molecule has 0 aliphatic carbocycles. The molecule has 1 amide bonds. The molecule has 0 saturated heterocycles. The zero-order valence-corrected chi connectivity index (χ0v) is 10.4. The smallest absolute Gasteiger partial charge is 0.336 e. The van der Waals surface area contributed by atoms with Crippen LogP contribution in [0.4, 0.5) is 0 Å². The van der Waals surface area contributed by atoms with Gasteiger partial charge in [0.1, 0.15) is 0 Å². The van der Waals surface area contributed by atoms with Crippen molar-refractivity contribution in [3.8, 4) is 0 Å². The van der Waals surface area contributed by atoms with E-state index in [1.807, 2.05) is 31.2 Å². The maximum Gasteiger partial charge on any atom is 0.336 e. The van der Waals surface area contributed by atoms with Crippen LogP contribution in [0.1, 0.15) is 24.5 Å². The molecule has 1 heterocycles. The van der Waals surface area contributed by atoms with Gasteiger partial charge in [-0.05, 0) is 19.4 Å². The fourth-order valence-electron chi connectivity index (χ4n) is 1.87. The molecule has 0 aromatic heterocycles. The van der Waals surface area contributed by atoms with Crippen LogP contribution < -0.4 is 5.32 Å². The summed E-state index contributed by atoms with van der Waals surface area (Å²) >= 11 is 0. The van der Waals surface area contributed by atoms with E-state index in [1.165, 1.54) is 0 Å². The van der Waals surface area contributed by atoms with Gasteiger partial charge in [-0.1, -0.05) is 29.8 Å². The molecule has 0 radical (unpaired) electrons. The van der Waals surface area contributed by atoms with Crippen molar-refractivity contribution in [2.24, 2.45) is 0 Å². The van der Waals surface area contributed by atoms with Crippen LogP contribution >= 0.6 is 0 Å². The lowest BCUT2D eigenvalue weighted by molar-refractivity contribution is -0.139. The minimum absolute atomic E-state index is 0.0854. The number of esters is 1. The molecule has 4 heteroatoms. The van der Waals surface area contributed by atoms with Crippen LogP contribution in [0.15, 0.2) is 29.8 Å². The van der Waals surface area contributed by atoms with E-state index in [-0.39, 0.29) is 12.3 Å². The quantitative estimate of drug-likeness (QED) is 0.826. The number of hydrogen-bond donors (Lipinski definition) is 1. The third-order valence-corrected chi connectivity index (χ3v) is 2.77. The van der Waals surface area contributed by atoms with Crippen molar-refractivity contribution in [2.45, 2.75) is 20.3 Å². The minimum Gasteiger partial charge on any atom is -0.463 e. The first-order valence-corrected chi connectivity index (χ1v) is 5.89. The second-order valence-corrected chi connectivity index (χ2v) is 4.17. The Morgan fingerprint density at radius 3 is 2.61 bits per heavy atom. The average Bonchev–Trinajstić information content (AvgIpc) is 2.73. The van der Waals surface area contributed by atoms with Crippen LogP contribution in [0.2, 0.25) is 0 Å². The van der Waals surface area contributed by atoms with Gasteiger partial charge in [0.2, 0.25) is 5.91 Å². The van der Waals surface area contributed by atoms with E-state index in [2.05, 4.69) is 5.32 Å². The number of rotatable bonds is 3. The highest BCUT2D eigenvalue weighted by Crippen LogP contribution is 2.25. The third-order valence-electron chi connectivity index (χ3n) is 2.77. The molecule has 0 saturated carbocycles. The Balaban J connectivity index is 2.37. The minimum atomic E-state index is -0.425. The Morgan fingerprint density at radius 2 is 2.00 bits per heavy atom. The van der Waals surface area contributed by atoms with Crippen molar-refractivity contribution in [1.29, 1.82) is 0 Å². The largest absolute Gasteiger partial charge is 0.463 e. The summed E-state index contributed by atoms with van der Waals surface area (Å²) in [5.41, 5.74) is 2.93. The second-order valence-electron chi connectivity index (χ2n) is 4.17. The number of ether oxygens (including phenoxy) is 1. The number of amides is 1. The number of carbonyl (C=O) groups excluding carboxylic acids is 2. The Bertz CT molecular complexity index is 514. The summed E-state index contributed by atoms with van der Waals surface area (Å²) in [6, 6.07) is 7.65. The van der Waals surface area contributed by atoms with Crippen molar-refractivity contribution in [1.82, 2.24) is 5.32 Å². The number of benzene rings is 1. The van der Waals surface area contributed by atoms with E-state index in [9.17, 15) is 9.59 Å². The summed E-state index contributed by atoms with van der Waals surface area (Å²) in [5, 5.41) is 2.72. The van der Waals surface area contributed by atoms with Gasteiger partial charge in [-0.2, -0.15) is 0 Å². The molecular formula is C14H15NO3. The van der Waals surface area contributed by atoms with Gasteiger partial charge in [0.15, 0.2) is 0 Å². The van der Waals surface area contributed by atoms with Crippen molar-refractivity contribution in [3.63, 3.8) is 0 Å². The first-order valence-electron chi connectivity index (χ1n) is 5.89. The Hall–Kier alpha value is -2.10. The zero-order chi connectivity index (χ0) is 13.1. The van der Waals surface area contributed by atoms with Crippen LogP contribution in [0.25, 0.3) is 5.70 Å². The number of nitrogens with one attached hydrogen (secondary N) is 1. The monoisotopic (exact) mass is 245 g/mol. The van der Waals surface area contributed by atoms with E-state index in [0.29, 0.717) is 17.9 Å². The topological polar surface area (TPSA) is 55.4 Å². The zero-order valence-electron chi connectivity index (χ0n) is 10.4. The average molecular weight is 245 g/mol. The van der Waals surface area contributed by atoms with E-state index >= 15 is 0 Å². The summed E-state index contributed by atoms with van der Waals surface area (Å²) in [6.07, 6.45) is 0.0854. The van der Waals surface area contributed by atoms with E-state index < -0.39 is 5.97 Å². The van der Waals surface area contributed by atoms with Gasteiger partial charge in [-0.25, -0.2) is 4.79 Å². The van der Waals surface area contributed by atoms with Crippen molar-refractivity contribution >= 4 is 17.6 Å². The lowest BCUT2D eigenvalue weighted by Crippen LogP contribution is -2.14. The van der Waals surface area contributed by atoms with Crippen LogP contribution in [-0.4, -0.2) is 18.5 Å². The maximum absolute atomic E-state index is 11.8. The Labute approximate surface area is 106 Å². The molecule has 0 atom stereocenters. The predicted molar refractivity (Wildman–Crippen MR) is 67.5 cm³/mol. The Kier molecular flexibility index (Phi) is 3.46. The molecule has 1 aliphatic rings. The second kappa shape index (κ2) is 5.04. The predicted octanol–water partition coefficient (Wildman–Crippen LogP) is 1.79. The fraction of sp³-hybridized carbons (Fsp3) is 0.286. The van der Waals surface area contributed by atoms with E-state index in [4.69, 9.17) is 4.74 Å². The van der Waals surface area contributed by atoms with Crippen LogP contribution in [0.3, 0.4) is 0 Å². The van der Waals surface area contributed by atoms with Gasteiger partial charge < -0.3 is 10.1 Å². The summed E-state index contributed by atoms with van der Waals surface area (Å²) in [7, 11) is 0. The maximum atomic E-state index is 11.8. The van der Waals surface area contributed by atoms with Crippen molar-refractivity contribution in [2.75, 3.05) is 6.61 Å².